The van der Waals surface area contributed by atoms with E-state index in [1.54, 1.807) is 7.11 Å². The van der Waals surface area contributed by atoms with Crippen molar-refractivity contribution in [1.29, 1.82) is 0 Å². The highest BCUT2D eigenvalue weighted by atomic mass is 79.9. The molecule has 1 aliphatic rings. The highest BCUT2D eigenvalue weighted by molar-refractivity contribution is 9.11. The van der Waals surface area contributed by atoms with E-state index in [0.29, 0.717) is 5.92 Å². The molecule has 0 spiro atoms. The molecule has 1 unspecified atom stereocenters. The molecule has 5 rings (SSSR count). The monoisotopic (exact) mass is 484 g/mol. The third kappa shape index (κ3) is 3.15. The minimum atomic E-state index is -0.858. The van der Waals surface area contributed by atoms with Crippen LogP contribution in [-0.2, 0) is 5.60 Å². The largest absolute Gasteiger partial charge is 0.496 e. The first-order valence-electron chi connectivity index (χ1n) is 10.9. The van der Waals surface area contributed by atoms with Crippen molar-refractivity contribution < 1.29 is 9.47 Å². The molecule has 0 saturated carbocycles. The van der Waals surface area contributed by atoms with Crippen molar-refractivity contribution in [3.63, 3.8) is 0 Å². The Balaban J connectivity index is 1.86. The van der Waals surface area contributed by atoms with Crippen LogP contribution >= 0.6 is 15.9 Å². The first-order chi connectivity index (χ1) is 15.6. The van der Waals surface area contributed by atoms with E-state index in [2.05, 4.69) is 103 Å². The molecule has 0 aliphatic carbocycles. The molecule has 1 heterocycles. The zero-order valence-corrected chi connectivity index (χ0v) is 20.0. The summed E-state index contributed by atoms with van der Waals surface area (Å²) < 4.78 is 13.8. The number of rotatable bonds is 4. The Kier molecular flexibility index (Phi) is 5.30. The molecule has 0 aromatic heterocycles. The van der Waals surface area contributed by atoms with Crippen LogP contribution < -0.4 is 9.47 Å². The second-order valence-electron chi connectivity index (χ2n) is 8.42. The zero-order valence-electron chi connectivity index (χ0n) is 18.4. The molecule has 1 atom stereocenters. The van der Waals surface area contributed by atoms with Gasteiger partial charge < -0.3 is 9.47 Å². The van der Waals surface area contributed by atoms with E-state index in [0.717, 1.165) is 32.7 Å². The number of hydrogen-bond donors (Lipinski definition) is 0. The standard InChI is InChI=1S/C29H25BrO2/c1-19(2)21-11-6-7-13-24(21)29(25-14-8-9-15-27(25)31-3)28(30)18-23-22-12-5-4-10-20(22)16-17-26(23)32-29/h4-19H,1-3H3. The van der Waals surface area contributed by atoms with E-state index in [1.807, 2.05) is 18.2 Å². The van der Waals surface area contributed by atoms with Gasteiger partial charge in [0, 0.05) is 21.2 Å². The highest BCUT2D eigenvalue weighted by Crippen LogP contribution is 2.53. The van der Waals surface area contributed by atoms with E-state index in [-0.39, 0.29) is 0 Å². The van der Waals surface area contributed by atoms with Crippen molar-refractivity contribution in [2.24, 2.45) is 0 Å². The summed E-state index contributed by atoms with van der Waals surface area (Å²) in [5.74, 6) is 1.98. The third-order valence-electron chi connectivity index (χ3n) is 6.25. The molecule has 0 N–H and O–H groups in total. The van der Waals surface area contributed by atoms with Crippen LogP contribution in [0, 0.1) is 0 Å². The van der Waals surface area contributed by atoms with Crippen LogP contribution in [0.2, 0.25) is 0 Å². The van der Waals surface area contributed by atoms with Gasteiger partial charge in [-0.15, -0.1) is 0 Å². The lowest BCUT2D eigenvalue weighted by atomic mass is 9.78. The summed E-state index contributed by atoms with van der Waals surface area (Å²) in [6.07, 6.45) is 2.21. The molecule has 2 nitrogen and oxygen atoms in total. The van der Waals surface area contributed by atoms with Crippen molar-refractivity contribution in [3.8, 4) is 11.5 Å². The van der Waals surface area contributed by atoms with Crippen molar-refractivity contribution in [2.45, 2.75) is 25.4 Å². The number of hydrogen-bond acceptors (Lipinski definition) is 2. The van der Waals surface area contributed by atoms with E-state index in [9.17, 15) is 0 Å². The fourth-order valence-electron chi connectivity index (χ4n) is 4.72. The Hall–Kier alpha value is -3.04. The Morgan fingerprint density at radius 3 is 2.28 bits per heavy atom. The minimum absolute atomic E-state index is 0.333. The summed E-state index contributed by atoms with van der Waals surface area (Å²) in [6.45, 7) is 4.44. The lowest BCUT2D eigenvalue weighted by Crippen LogP contribution is -2.38. The van der Waals surface area contributed by atoms with Gasteiger partial charge in [0.1, 0.15) is 11.5 Å². The van der Waals surface area contributed by atoms with Gasteiger partial charge in [-0.2, -0.15) is 0 Å². The number of ether oxygens (including phenoxy) is 2. The Bertz CT molecular complexity index is 1340. The highest BCUT2D eigenvalue weighted by Gasteiger charge is 2.46. The van der Waals surface area contributed by atoms with Gasteiger partial charge in [-0.1, -0.05) is 103 Å². The summed E-state index contributed by atoms with van der Waals surface area (Å²) in [5.41, 5.74) is 3.55. The topological polar surface area (TPSA) is 18.5 Å². The molecule has 32 heavy (non-hydrogen) atoms. The fraction of sp³-hybridized carbons (Fsp3) is 0.172. The minimum Gasteiger partial charge on any atom is -0.496 e. The van der Waals surface area contributed by atoms with Gasteiger partial charge in [-0.3, -0.25) is 0 Å². The molecular weight excluding hydrogens is 460 g/mol. The average Bonchev–Trinajstić information content (AvgIpc) is 2.83. The van der Waals surface area contributed by atoms with Gasteiger partial charge in [0.05, 0.1) is 7.11 Å². The van der Waals surface area contributed by atoms with Crippen molar-refractivity contribution >= 4 is 32.8 Å². The normalized spacial score (nSPS) is 17.6. The van der Waals surface area contributed by atoms with Crippen LogP contribution in [-0.4, -0.2) is 7.11 Å². The maximum Gasteiger partial charge on any atom is 0.194 e. The SMILES string of the molecule is COc1ccccc1C1(c2ccccc2C(C)C)Oc2ccc3ccccc3c2C=C1Br. The third-order valence-corrected chi connectivity index (χ3v) is 7.04. The summed E-state index contributed by atoms with van der Waals surface area (Å²) >= 11 is 3.97. The quantitative estimate of drug-likeness (QED) is 0.291. The van der Waals surface area contributed by atoms with Crippen LogP contribution in [0.1, 0.15) is 42.0 Å². The summed E-state index contributed by atoms with van der Waals surface area (Å²) in [5, 5.41) is 2.37. The van der Waals surface area contributed by atoms with Crippen LogP contribution in [0.4, 0.5) is 0 Å². The molecule has 1 aliphatic heterocycles. The predicted octanol–water partition coefficient (Wildman–Crippen LogP) is 8.04. The number of fused-ring (bicyclic) bond motifs is 3. The second kappa shape index (κ2) is 8.14. The van der Waals surface area contributed by atoms with Crippen molar-refractivity contribution in [3.05, 3.63) is 112 Å². The number of halogens is 1. The maximum atomic E-state index is 7.05. The first-order valence-corrected chi connectivity index (χ1v) is 11.7. The van der Waals surface area contributed by atoms with E-state index >= 15 is 0 Å². The van der Waals surface area contributed by atoms with Crippen molar-refractivity contribution in [1.82, 2.24) is 0 Å². The van der Waals surface area contributed by atoms with Crippen LogP contribution in [0.5, 0.6) is 11.5 Å². The number of para-hydroxylation sites is 1. The maximum absolute atomic E-state index is 7.05. The van der Waals surface area contributed by atoms with Crippen LogP contribution in [0.25, 0.3) is 16.8 Å². The molecule has 3 heteroatoms. The first kappa shape index (κ1) is 20.8. The van der Waals surface area contributed by atoms with Crippen LogP contribution in [0.15, 0.2) is 89.4 Å². The molecule has 0 bridgehead atoms. The number of methoxy groups -OCH3 is 1. The van der Waals surface area contributed by atoms with Crippen molar-refractivity contribution in [2.75, 3.05) is 7.11 Å². The molecule has 0 fully saturated rings. The zero-order chi connectivity index (χ0) is 22.3. The van der Waals surface area contributed by atoms with Gasteiger partial charge in [-0.05, 0) is 40.5 Å². The molecule has 4 aromatic rings. The van der Waals surface area contributed by atoms with Gasteiger partial charge >= 0.3 is 0 Å². The van der Waals surface area contributed by atoms with Crippen LogP contribution in [0.3, 0.4) is 0 Å². The second-order valence-corrected chi connectivity index (χ2v) is 9.27. The summed E-state index contributed by atoms with van der Waals surface area (Å²) in [7, 11) is 1.71. The summed E-state index contributed by atoms with van der Waals surface area (Å²) in [4.78, 5) is 0. The van der Waals surface area contributed by atoms with Gasteiger partial charge in [0.2, 0.25) is 0 Å². The Morgan fingerprint density at radius 2 is 1.50 bits per heavy atom. The van der Waals surface area contributed by atoms with E-state index < -0.39 is 5.60 Å². The van der Waals surface area contributed by atoms with E-state index in [4.69, 9.17) is 9.47 Å². The molecule has 0 amide bonds. The predicted molar refractivity (Wildman–Crippen MR) is 136 cm³/mol. The smallest absolute Gasteiger partial charge is 0.194 e. The molecular formula is C29H25BrO2. The molecule has 0 saturated heterocycles. The number of benzene rings is 4. The van der Waals surface area contributed by atoms with Gasteiger partial charge in [-0.25, -0.2) is 0 Å². The Morgan fingerprint density at radius 1 is 0.812 bits per heavy atom. The average molecular weight is 485 g/mol. The lowest BCUT2D eigenvalue weighted by Gasteiger charge is -2.41. The molecule has 160 valence electrons. The molecule has 4 aromatic carbocycles. The summed E-state index contributed by atoms with van der Waals surface area (Å²) in [6, 6.07) is 29.3. The van der Waals surface area contributed by atoms with E-state index in [1.165, 1.54) is 16.3 Å². The fourth-order valence-corrected chi connectivity index (χ4v) is 5.46. The van der Waals surface area contributed by atoms with Gasteiger partial charge in [0.15, 0.2) is 5.60 Å². The Labute approximate surface area is 197 Å². The van der Waals surface area contributed by atoms with Gasteiger partial charge in [0.25, 0.3) is 0 Å². The lowest BCUT2D eigenvalue weighted by molar-refractivity contribution is 0.152. The molecule has 0 radical (unpaired) electrons.